The molecule has 0 radical (unpaired) electrons. The molecule has 0 N–H and O–H groups in total. The highest BCUT2D eigenvalue weighted by molar-refractivity contribution is 6.14. The van der Waals surface area contributed by atoms with Crippen molar-refractivity contribution >= 4 is 38.2 Å². The van der Waals surface area contributed by atoms with E-state index in [1.165, 1.54) is 0 Å². The van der Waals surface area contributed by atoms with Crippen LogP contribution in [0.4, 0.5) is 0 Å². The maximum Gasteiger partial charge on any atom is 0.347 e. The second-order valence-electron chi connectivity index (χ2n) is 6.32. The van der Waals surface area contributed by atoms with Crippen LogP contribution in [0, 0.1) is 0 Å². The van der Waals surface area contributed by atoms with Gasteiger partial charge in [-0.15, -0.1) is 0 Å². The van der Waals surface area contributed by atoms with Crippen LogP contribution in [-0.2, 0) is 7.05 Å². The van der Waals surface area contributed by atoms with Crippen molar-refractivity contribution in [2.45, 2.75) is 6.92 Å². The van der Waals surface area contributed by atoms with Gasteiger partial charge in [0, 0.05) is 11.5 Å². The molecule has 0 saturated carbocycles. The van der Waals surface area contributed by atoms with Gasteiger partial charge in [-0.25, -0.2) is 9.36 Å². The lowest BCUT2D eigenvalue weighted by molar-refractivity contribution is -0.617. The summed E-state index contributed by atoms with van der Waals surface area (Å²) >= 11 is 0. The summed E-state index contributed by atoms with van der Waals surface area (Å²) in [5.74, 6) is 0.778. The summed E-state index contributed by atoms with van der Waals surface area (Å²) < 4.78 is 9.55. The van der Waals surface area contributed by atoms with Gasteiger partial charge in [0.25, 0.3) is 5.65 Å². The highest BCUT2D eigenvalue weighted by atomic mass is 16.5. The first-order valence-corrected chi connectivity index (χ1v) is 8.45. The molecule has 5 aromatic rings. The number of imidazole rings is 1. The first kappa shape index (κ1) is 14.2. The molecular formula is C21H17N2O2+. The zero-order valence-corrected chi connectivity index (χ0v) is 14.1. The minimum absolute atomic E-state index is 0.0125. The number of fused-ring (bicyclic) bond motifs is 4. The maximum atomic E-state index is 13.3. The molecule has 2 aromatic heterocycles. The molecule has 0 saturated heterocycles. The topological polar surface area (TPSA) is 34.6 Å². The van der Waals surface area contributed by atoms with E-state index in [4.69, 9.17) is 4.74 Å². The fourth-order valence-corrected chi connectivity index (χ4v) is 3.93. The molecule has 25 heavy (non-hydrogen) atoms. The van der Waals surface area contributed by atoms with Gasteiger partial charge in [-0.1, -0.05) is 24.3 Å². The molecule has 122 valence electrons. The van der Waals surface area contributed by atoms with Crippen LogP contribution in [0.2, 0.25) is 0 Å². The second kappa shape index (κ2) is 4.93. The number of hydrogen-bond donors (Lipinski definition) is 0. The third kappa shape index (κ3) is 1.76. The van der Waals surface area contributed by atoms with Crippen molar-refractivity contribution in [3.63, 3.8) is 0 Å². The molecule has 5 rings (SSSR count). The Morgan fingerprint density at radius 1 is 1.04 bits per heavy atom. The van der Waals surface area contributed by atoms with Gasteiger partial charge in [0.1, 0.15) is 5.75 Å². The van der Waals surface area contributed by atoms with E-state index >= 15 is 0 Å². The van der Waals surface area contributed by atoms with Crippen molar-refractivity contribution in [2.75, 3.05) is 6.61 Å². The third-order valence-electron chi connectivity index (χ3n) is 4.97. The molecule has 0 aliphatic heterocycles. The molecule has 2 heterocycles. The Balaban J connectivity index is 2.11. The van der Waals surface area contributed by atoms with Crippen molar-refractivity contribution in [1.82, 2.24) is 4.40 Å². The molecule has 3 aromatic carbocycles. The lowest BCUT2D eigenvalue weighted by Crippen LogP contribution is -2.29. The fourth-order valence-electron chi connectivity index (χ4n) is 3.93. The normalized spacial score (nSPS) is 11.9. The van der Waals surface area contributed by atoms with E-state index in [1.54, 1.807) is 0 Å². The van der Waals surface area contributed by atoms with Crippen LogP contribution < -0.4 is 14.9 Å². The van der Waals surface area contributed by atoms with E-state index < -0.39 is 0 Å². The first-order valence-electron chi connectivity index (χ1n) is 8.45. The van der Waals surface area contributed by atoms with Crippen molar-refractivity contribution in [2.24, 2.45) is 7.05 Å². The molecule has 4 nitrogen and oxygen atoms in total. The average Bonchev–Trinajstić information content (AvgIpc) is 2.92. The molecule has 0 unspecified atom stereocenters. The number of benzene rings is 3. The van der Waals surface area contributed by atoms with Crippen LogP contribution >= 0.6 is 0 Å². The Bertz CT molecular complexity index is 1330. The zero-order chi connectivity index (χ0) is 17.1. The number of ether oxygens (including phenoxy) is 1. The number of aryl methyl sites for hydroxylation is 1. The predicted octanol–water partition coefficient (Wildman–Crippen LogP) is 3.42. The molecule has 0 aliphatic carbocycles. The van der Waals surface area contributed by atoms with E-state index in [0.717, 1.165) is 44.0 Å². The summed E-state index contributed by atoms with van der Waals surface area (Å²) in [5, 5.41) is 3.96. The van der Waals surface area contributed by atoms with Gasteiger partial charge in [0.15, 0.2) is 11.0 Å². The summed E-state index contributed by atoms with van der Waals surface area (Å²) in [5.41, 5.74) is 2.81. The maximum absolute atomic E-state index is 13.3. The van der Waals surface area contributed by atoms with Crippen molar-refractivity contribution < 1.29 is 9.30 Å². The molecular weight excluding hydrogens is 312 g/mol. The summed E-state index contributed by atoms with van der Waals surface area (Å²) in [6, 6.07) is 18.0. The van der Waals surface area contributed by atoms with Gasteiger partial charge >= 0.3 is 5.56 Å². The van der Waals surface area contributed by atoms with E-state index in [-0.39, 0.29) is 5.56 Å². The number of aromatic nitrogens is 2. The highest BCUT2D eigenvalue weighted by Crippen LogP contribution is 2.29. The molecule has 0 amide bonds. The monoisotopic (exact) mass is 329 g/mol. The Hall–Kier alpha value is -3.14. The van der Waals surface area contributed by atoms with Gasteiger partial charge in [-0.05, 0) is 36.6 Å². The molecule has 0 fully saturated rings. The quantitative estimate of drug-likeness (QED) is 0.465. The number of rotatable bonds is 2. The summed E-state index contributed by atoms with van der Waals surface area (Å²) in [6.45, 7) is 2.56. The summed E-state index contributed by atoms with van der Waals surface area (Å²) in [7, 11) is 2.01. The predicted molar refractivity (Wildman–Crippen MR) is 99.7 cm³/mol. The van der Waals surface area contributed by atoms with Crippen LogP contribution in [0.25, 0.3) is 38.2 Å². The minimum atomic E-state index is 0.0125. The Morgan fingerprint density at radius 2 is 1.80 bits per heavy atom. The van der Waals surface area contributed by atoms with Gasteiger partial charge in [0.2, 0.25) is 0 Å². The van der Waals surface area contributed by atoms with Gasteiger partial charge < -0.3 is 4.74 Å². The lowest BCUT2D eigenvalue weighted by atomic mass is 10.0. The standard InChI is InChI=1S/C21H17N2O2/c1-3-25-14-10-11-17-18(12-14)23-20(22(17)2)15-8-4-6-13-7-5-9-16(19(13)15)21(23)24/h4-12H,3H2,1-2H3/q+1. The smallest absolute Gasteiger partial charge is 0.347 e. The Labute approximate surface area is 143 Å². The molecule has 0 atom stereocenters. The van der Waals surface area contributed by atoms with E-state index in [0.29, 0.717) is 6.61 Å². The van der Waals surface area contributed by atoms with E-state index in [1.807, 2.05) is 54.8 Å². The summed E-state index contributed by atoms with van der Waals surface area (Å²) in [6.07, 6.45) is 0. The first-order chi connectivity index (χ1) is 12.2. The third-order valence-corrected chi connectivity index (χ3v) is 4.97. The lowest BCUT2D eigenvalue weighted by Gasteiger charge is -2.03. The second-order valence-corrected chi connectivity index (χ2v) is 6.32. The number of hydrogen-bond acceptors (Lipinski definition) is 2. The molecule has 0 aliphatic rings. The average molecular weight is 329 g/mol. The fraction of sp³-hybridized carbons (Fsp3) is 0.143. The van der Waals surface area contributed by atoms with Gasteiger partial charge in [-0.2, -0.15) is 4.40 Å². The Morgan fingerprint density at radius 3 is 2.56 bits per heavy atom. The van der Waals surface area contributed by atoms with Gasteiger partial charge in [-0.3, -0.25) is 0 Å². The number of pyridine rings is 1. The van der Waals surface area contributed by atoms with Crippen molar-refractivity contribution in [3.05, 3.63) is 65.0 Å². The molecule has 0 spiro atoms. The summed E-state index contributed by atoms with van der Waals surface area (Å²) in [4.78, 5) is 13.3. The van der Waals surface area contributed by atoms with Crippen LogP contribution in [0.15, 0.2) is 59.4 Å². The van der Waals surface area contributed by atoms with E-state index in [2.05, 4.69) is 22.8 Å². The van der Waals surface area contributed by atoms with E-state index in [9.17, 15) is 4.79 Å². The molecule has 0 bridgehead atoms. The highest BCUT2D eigenvalue weighted by Gasteiger charge is 2.24. The van der Waals surface area contributed by atoms with Crippen LogP contribution in [0.1, 0.15) is 6.92 Å². The number of nitrogens with zero attached hydrogens (tertiary/aromatic N) is 2. The zero-order valence-electron chi connectivity index (χ0n) is 14.1. The van der Waals surface area contributed by atoms with Crippen LogP contribution in [-0.4, -0.2) is 11.0 Å². The largest absolute Gasteiger partial charge is 0.494 e. The van der Waals surface area contributed by atoms with Crippen LogP contribution in [0.5, 0.6) is 5.75 Å². The van der Waals surface area contributed by atoms with Gasteiger partial charge in [0.05, 0.1) is 24.4 Å². The molecule has 4 heteroatoms. The van der Waals surface area contributed by atoms with Crippen LogP contribution in [0.3, 0.4) is 0 Å². The minimum Gasteiger partial charge on any atom is -0.494 e. The SMILES string of the molecule is CCOc1ccc2c(c1)n1c(=O)c3cccc4cccc(c43)c1[n+]2C. The van der Waals surface area contributed by atoms with Crippen molar-refractivity contribution in [1.29, 1.82) is 0 Å². The Kier molecular flexibility index (Phi) is 2.80. The van der Waals surface area contributed by atoms with Crippen molar-refractivity contribution in [3.8, 4) is 5.75 Å².